The summed E-state index contributed by atoms with van der Waals surface area (Å²) in [5, 5.41) is 3.77. The summed E-state index contributed by atoms with van der Waals surface area (Å²) in [6.07, 6.45) is 0.261. The average Bonchev–Trinajstić information content (AvgIpc) is 3.57. The molecule has 180 valence electrons. The highest BCUT2D eigenvalue weighted by Crippen LogP contribution is 2.43. The Bertz CT molecular complexity index is 1340. The lowest BCUT2D eigenvalue weighted by Gasteiger charge is -2.24. The molecule has 1 aliphatic rings. The van der Waals surface area contributed by atoms with E-state index in [-0.39, 0.29) is 30.0 Å². The van der Waals surface area contributed by atoms with Gasteiger partial charge >= 0.3 is 6.18 Å². The molecule has 5 rings (SSSR count). The summed E-state index contributed by atoms with van der Waals surface area (Å²) >= 11 is 0. The zero-order valence-corrected chi connectivity index (χ0v) is 19.4. The van der Waals surface area contributed by atoms with Crippen LogP contribution in [0.5, 0.6) is 0 Å². The number of alkyl halides is 3. The second kappa shape index (κ2) is 9.50. The Kier molecular flexibility index (Phi) is 6.62. The zero-order chi connectivity index (χ0) is 23.9. The summed E-state index contributed by atoms with van der Waals surface area (Å²) in [5.41, 5.74) is 2.14. The quantitative estimate of drug-likeness (QED) is 0.322. The fraction of sp³-hybridized carbons (Fsp3) is 0.200. The van der Waals surface area contributed by atoms with Gasteiger partial charge in [-0.25, -0.2) is 9.67 Å². The van der Waals surface area contributed by atoms with E-state index in [0.29, 0.717) is 22.8 Å². The summed E-state index contributed by atoms with van der Waals surface area (Å²) in [7, 11) is 0. The summed E-state index contributed by atoms with van der Waals surface area (Å²) < 4.78 is 41.0. The molecular weight excluding hydrogens is 479 g/mol. The van der Waals surface area contributed by atoms with Crippen LogP contribution in [-0.4, -0.2) is 25.7 Å². The normalized spacial score (nSPS) is 13.3. The van der Waals surface area contributed by atoms with E-state index < -0.39 is 11.9 Å². The molecule has 4 aromatic rings. The molecule has 1 amide bonds. The largest absolute Gasteiger partial charge is 0.435 e. The van der Waals surface area contributed by atoms with Crippen LogP contribution < -0.4 is 4.90 Å². The topological polar surface area (TPSA) is 63.9 Å². The fourth-order valence-corrected chi connectivity index (χ4v) is 3.92. The molecule has 3 aromatic heterocycles. The lowest BCUT2D eigenvalue weighted by atomic mass is 10.1. The molecule has 0 radical (unpaired) electrons. The van der Waals surface area contributed by atoms with Crippen molar-refractivity contribution in [1.29, 1.82) is 0 Å². The number of carbonyl (C=O) groups excluding carboxylic acids is 1. The summed E-state index contributed by atoms with van der Waals surface area (Å²) in [6, 6.07) is 17.2. The van der Waals surface area contributed by atoms with E-state index in [2.05, 4.69) is 15.1 Å². The number of benzene rings is 1. The number of hydrogen-bond donors (Lipinski definition) is 0. The number of pyridine rings is 2. The maximum Gasteiger partial charge on any atom is 0.435 e. The molecule has 0 N–H and O–H groups in total. The molecule has 6 nitrogen and oxygen atoms in total. The van der Waals surface area contributed by atoms with Crippen LogP contribution in [0.3, 0.4) is 0 Å². The molecule has 0 saturated heterocycles. The fourth-order valence-electron chi connectivity index (χ4n) is 3.92. The molecule has 35 heavy (non-hydrogen) atoms. The molecule has 0 aliphatic heterocycles. The first-order valence-corrected chi connectivity index (χ1v) is 10.8. The Morgan fingerprint density at radius 1 is 1.03 bits per heavy atom. The second-order valence-electron chi connectivity index (χ2n) is 8.10. The highest BCUT2D eigenvalue weighted by molar-refractivity contribution is 6.02. The van der Waals surface area contributed by atoms with Crippen molar-refractivity contribution in [2.24, 2.45) is 0 Å². The first-order chi connectivity index (χ1) is 16.3. The van der Waals surface area contributed by atoms with Crippen LogP contribution in [-0.2, 0) is 11.0 Å². The summed E-state index contributed by atoms with van der Waals surface area (Å²) in [5.74, 6) is 0.0711. The van der Waals surface area contributed by atoms with Crippen molar-refractivity contribution in [1.82, 2.24) is 19.7 Å². The van der Waals surface area contributed by atoms with E-state index in [4.69, 9.17) is 0 Å². The van der Waals surface area contributed by atoms with Gasteiger partial charge in [0.2, 0.25) is 5.91 Å². The van der Waals surface area contributed by atoms with E-state index in [0.717, 1.165) is 24.5 Å². The van der Waals surface area contributed by atoms with Gasteiger partial charge in [0, 0.05) is 30.3 Å². The van der Waals surface area contributed by atoms with Gasteiger partial charge in [0.05, 0.1) is 23.3 Å². The van der Waals surface area contributed by atoms with Crippen LogP contribution in [0.2, 0.25) is 0 Å². The van der Waals surface area contributed by atoms with Crippen LogP contribution in [0.25, 0.3) is 17.1 Å². The number of rotatable bonds is 5. The monoisotopic (exact) mass is 499 g/mol. The molecular formula is C25H21ClF3N5O. The van der Waals surface area contributed by atoms with Gasteiger partial charge in [-0.15, -0.1) is 12.4 Å². The molecule has 1 aliphatic carbocycles. The van der Waals surface area contributed by atoms with Gasteiger partial charge in [0.25, 0.3) is 0 Å². The summed E-state index contributed by atoms with van der Waals surface area (Å²) in [6.45, 7) is 1.44. The minimum atomic E-state index is -4.53. The molecule has 3 heterocycles. The molecule has 1 fully saturated rings. The first kappa shape index (κ1) is 24.4. The van der Waals surface area contributed by atoms with Crippen molar-refractivity contribution >= 4 is 29.7 Å². The standard InChI is InChI=1S/C25H20F3N5O.ClH/c1-16(34)32(21-8-3-2-6-19(21)20-7-4-5-13-29-20)18-11-12-24(30-15-18)33-22(17-9-10-17)14-23(31-33)25(26,27)28;/h2-8,11-15,17H,9-10H2,1H3;1H. The number of anilines is 2. The Balaban J connectivity index is 0.00000289. The summed E-state index contributed by atoms with van der Waals surface area (Å²) in [4.78, 5) is 23.0. The third-order valence-corrected chi connectivity index (χ3v) is 5.63. The van der Waals surface area contributed by atoms with E-state index in [1.54, 1.807) is 18.3 Å². The number of nitrogens with zero attached hydrogens (tertiary/aromatic N) is 5. The minimum absolute atomic E-state index is 0. The Morgan fingerprint density at radius 2 is 1.77 bits per heavy atom. The van der Waals surface area contributed by atoms with Crippen LogP contribution in [0.15, 0.2) is 73.1 Å². The molecule has 0 unspecified atom stereocenters. The van der Waals surface area contributed by atoms with Gasteiger partial charge in [0.1, 0.15) is 0 Å². The number of carbonyl (C=O) groups is 1. The minimum Gasteiger partial charge on any atom is -0.279 e. The van der Waals surface area contributed by atoms with Crippen molar-refractivity contribution < 1.29 is 18.0 Å². The number of aromatic nitrogens is 4. The number of para-hydroxylation sites is 1. The molecule has 0 spiro atoms. The smallest absolute Gasteiger partial charge is 0.279 e. The van der Waals surface area contributed by atoms with Crippen molar-refractivity contribution in [2.75, 3.05) is 4.90 Å². The van der Waals surface area contributed by atoms with Gasteiger partial charge in [-0.05, 0) is 49.2 Å². The van der Waals surface area contributed by atoms with Crippen LogP contribution in [0.4, 0.5) is 24.5 Å². The number of amides is 1. The van der Waals surface area contributed by atoms with Gasteiger partial charge in [-0.3, -0.25) is 14.7 Å². The molecule has 1 aromatic carbocycles. The van der Waals surface area contributed by atoms with Crippen LogP contribution in [0, 0.1) is 0 Å². The average molecular weight is 500 g/mol. The van der Waals surface area contributed by atoms with Gasteiger partial charge in [-0.2, -0.15) is 18.3 Å². The van der Waals surface area contributed by atoms with Crippen molar-refractivity contribution in [3.05, 3.63) is 84.4 Å². The number of halogens is 4. The lowest BCUT2D eigenvalue weighted by molar-refractivity contribution is -0.141. The zero-order valence-electron chi connectivity index (χ0n) is 18.6. The number of hydrogen-bond acceptors (Lipinski definition) is 4. The highest BCUT2D eigenvalue weighted by Gasteiger charge is 2.38. The van der Waals surface area contributed by atoms with Gasteiger partial charge in [0.15, 0.2) is 11.5 Å². The molecule has 0 bridgehead atoms. The Hall–Kier alpha value is -3.72. The maximum atomic E-state index is 13.3. The Labute approximate surface area is 205 Å². The molecule has 10 heteroatoms. The van der Waals surface area contributed by atoms with Crippen molar-refractivity contribution in [2.45, 2.75) is 31.9 Å². The van der Waals surface area contributed by atoms with Gasteiger partial charge in [-0.1, -0.05) is 24.3 Å². The first-order valence-electron chi connectivity index (χ1n) is 10.8. The van der Waals surface area contributed by atoms with E-state index in [1.165, 1.54) is 22.7 Å². The third-order valence-electron chi connectivity index (χ3n) is 5.63. The maximum absolute atomic E-state index is 13.3. The van der Waals surface area contributed by atoms with Crippen molar-refractivity contribution in [3.8, 4) is 17.1 Å². The SMILES string of the molecule is CC(=O)N(c1ccc(-n2nc(C(F)(F)F)cc2C2CC2)nc1)c1ccccc1-c1ccccn1.Cl. The third kappa shape index (κ3) is 4.90. The van der Waals surface area contributed by atoms with Crippen LogP contribution >= 0.6 is 12.4 Å². The highest BCUT2D eigenvalue weighted by atomic mass is 35.5. The lowest BCUT2D eigenvalue weighted by Crippen LogP contribution is -2.23. The van der Waals surface area contributed by atoms with Crippen molar-refractivity contribution in [3.63, 3.8) is 0 Å². The van der Waals surface area contributed by atoms with E-state index >= 15 is 0 Å². The Morgan fingerprint density at radius 3 is 2.37 bits per heavy atom. The van der Waals surface area contributed by atoms with Gasteiger partial charge < -0.3 is 0 Å². The van der Waals surface area contributed by atoms with Crippen LogP contribution in [0.1, 0.15) is 37.1 Å². The predicted molar refractivity (Wildman–Crippen MR) is 128 cm³/mol. The predicted octanol–water partition coefficient (Wildman–Crippen LogP) is 6.33. The molecule has 1 saturated carbocycles. The molecule has 0 atom stereocenters. The second-order valence-corrected chi connectivity index (χ2v) is 8.10. The van der Waals surface area contributed by atoms with E-state index in [9.17, 15) is 18.0 Å². The van der Waals surface area contributed by atoms with E-state index in [1.807, 2.05) is 42.5 Å².